The van der Waals surface area contributed by atoms with Crippen LogP contribution >= 0.6 is 0 Å². The maximum absolute atomic E-state index is 4.55. The number of anilines is 1. The molecule has 2 atom stereocenters. The van der Waals surface area contributed by atoms with Crippen molar-refractivity contribution in [2.24, 2.45) is 11.8 Å². The molecule has 0 saturated carbocycles. The molecule has 1 saturated heterocycles. The van der Waals surface area contributed by atoms with Crippen molar-refractivity contribution >= 4 is 5.82 Å². The lowest BCUT2D eigenvalue weighted by Gasteiger charge is -2.15. The maximum atomic E-state index is 4.55. The topological polar surface area (TPSA) is 28.2 Å². The number of aromatic nitrogens is 1. The third-order valence-corrected chi connectivity index (χ3v) is 3.51. The van der Waals surface area contributed by atoms with Crippen molar-refractivity contribution < 1.29 is 0 Å². The second-order valence-electron chi connectivity index (χ2n) is 4.91. The number of nitrogens with zero attached hydrogens (tertiary/aromatic N) is 2. The maximum Gasteiger partial charge on any atom is 0.126 e. The van der Waals surface area contributed by atoms with Gasteiger partial charge < -0.3 is 5.32 Å². The fourth-order valence-corrected chi connectivity index (χ4v) is 2.31. The number of hydrogen-bond acceptors (Lipinski definition) is 3. The van der Waals surface area contributed by atoms with Crippen LogP contribution in [0.1, 0.15) is 19.5 Å². The van der Waals surface area contributed by atoms with E-state index in [-0.39, 0.29) is 0 Å². The van der Waals surface area contributed by atoms with Crippen LogP contribution in [-0.4, -0.2) is 30.0 Å². The molecule has 3 nitrogen and oxygen atoms in total. The molecule has 1 N–H and O–H groups in total. The van der Waals surface area contributed by atoms with E-state index in [9.17, 15) is 0 Å². The Balaban J connectivity index is 1.99. The predicted octanol–water partition coefficient (Wildman–Crippen LogP) is 2.21. The minimum absolute atomic E-state index is 0.812. The molecule has 16 heavy (non-hydrogen) atoms. The van der Waals surface area contributed by atoms with Crippen LogP contribution in [-0.2, 0) is 6.54 Å². The van der Waals surface area contributed by atoms with E-state index in [0.29, 0.717) is 0 Å². The number of rotatable bonds is 3. The van der Waals surface area contributed by atoms with Crippen LogP contribution in [0.3, 0.4) is 0 Å². The average molecular weight is 219 g/mol. The smallest absolute Gasteiger partial charge is 0.126 e. The van der Waals surface area contributed by atoms with Gasteiger partial charge in [-0.2, -0.15) is 0 Å². The first-order valence-corrected chi connectivity index (χ1v) is 6.05. The highest BCUT2D eigenvalue weighted by molar-refractivity contribution is 5.34. The summed E-state index contributed by atoms with van der Waals surface area (Å²) in [4.78, 5) is 7.05. The molecule has 0 amide bonds. The highest BCUT2D eigenvalue weighted by Gasteiger charge is 2.25. The van der Waals surface area contributed by atoms with Crippen molar-refractivity contribution in [3.8, 4) is 0 Å². The summed E-state index contributed by atoms with van der Waals surface area (Å²) >= 11 is 0. The van der Waals surface area contributed by atoms with E-state index in [0.717, 1.165) is 29.9 Å². The Labute approximate surface area is 97.9 Å². The van der Waals surface area contributed by atoms with E-state index in [2.05, 4.69) is 41.2 Å². The van der Waals surface area contributed by atoms with Gasteiger partial charge in [0, 0.05) is 26.7 Å². The van der Waals surface area contributed by atoms with Crippen molar-refractivity contribution in [1.29, 1.82) is 0 Å². The third kappa shape index (κ3) is 2.53. The molecule has 0 bridgehead atoms. The summed E-state index contributed by atoms with van der Waals surface area (Å²) in [5, 5.41) is 3.08. The number of hydrogen-bond donors (Lipinski definition) is 1. The predicted molar refractivity (Wildman–Crippen MR) is 67.4 cm³/mol. The summed E-state index contributed by atoms with van der Waals surface area (Å²) in [5.74, 6) is 2.58. The Morgan fingerprint density at radius 1 is 1.31 bits per heavy atom. The van der Waals surface area contributed by atoms with Crippen molar-refractivity contribution in [3.63, 3.8) is 0 Å². The van der Waals surface area contributed by atoms with Gasteiger partial charge in [-0.3, -0.25) is 4.90 Å². The summed E-state index contributed by atoms with van der Waals surface area (Å²) in [6, 6.07) is 6.17. The van der Waals surface area contributed by atoms with Gasteiger partial charge in [0.05, 0.1) is 5.69 Å². The van der Waals surface area contributed by atoms with E-state index < -0.39 is 0 Å². The average Bonchev–Trinajstić information content (AvgIpc) is 2.58. The molecule has 1 aliphatic heterocycles. The van der Waals surface area contributed by atoms with Gasteiger partial charge >= 0.3 is 0 Å². The molecule has 88 valence electrons. The van der Waals surface area contributed by atoms with Gasteiger partial charge in [-0.25, -0.2) is 4.98 Å². The summed E-state index contributed by atoms with van der Waals surface area (Å²) in [7, 11) is 1.91. The molecule has 2 heterocycles. The lowest BCUT2D eigenvalue weighted by atomic mass is 10.0. The highest BCUT2D eigenvalue weighted by Crippen LogP contribution is 2.23. The second kappa shape index (κ2) is 4.83. The number of pyridine rings is 1. The second-order valence-corrected chi connectivity index (χ2v) is 4.91. The standard InChI is InChI=1S/C13H21N3/c1-10-7-16(8-11(10)2)9-12-5-4-6-13(14-3)15-12/h4-6,10-11H,7-9H2,1-3H3,(H,14,15). The largest absolute Gasteiger partial charge is 0.373 e. The van der Waals surface area contributed by atoms with Crippen molar-refractivity contribution in [1.82, 2.24) is 9.88 Å². The molecule has 1 aliphatic rings. The zero-order valence-electron chi connectivity index (χ0n) is 10.4. The molecular formula is C13H21N3. The van der Waals surface area contributed by atoms with E-state index in [1.54, 1.807) is 0 Å². The van der Waals surface area contributed by atoms with Crippen LogP contribution in [0, 0.1) is 11.8 Å². The van der Waals surface area contributed by atoms with Crippen molar-refractivity contribution in [2.45, 2.75) is 20.4 Å². The first-order valence-electron chi connectivity index (χ1n) is 6.05. The molecule has 1 aromatic heterocycles. The molecule has 0 radical (unpaired) electrons. The van der Waals surface area contributed by atoms with E-state index in [4.69, 9.17) is 0 Å². The first kappa shape index (κ1) is 11.4. The van der Waals surface area contributed by atoms with Gasteiger partial charge in [0.25, 0.3) is 0 Å². The summed E-state index contributed by atoms with van der Waals surface area (Å²) in [6.45, 7) is 8.05. The molecule has 0 aliphatic carbocycles. The fourth-order valence-electron chi connectivity index (χ4n) is 2.31. The van der Waals surface area contributed by atoms with E-state index in [1.165, 1.54) is 13.1 Å². The first-order chi connectivity index (χ1) is 7.69. The molecule has 2 unspecified atom stereocenters. The van der Waals surface area contributed by atoms with E-state index >= 15 is 0 Å². The van der Waals surface area contributed by atoms with Crippen LogP contribution < -0.4 is 5.32 Å². The van der Waals surface area contributed by atoms with Gasteiger partial charge in [-0.15, -0.1) is 0 Å². The Morgan fingerprint density at radius 2 is 2.00 bits per heavy atom. The van der Waals surface area contributed by atoms with Gasteiger partial charge in [-0.05, 0) is 24.0 Å². The van der Waals surface area contributed by atoms with Crippen molar-refractivity contribution in [3.05, 3.63) is 23.9 Å². The quantitative estimate of drug-likeness (QED) is 0.845. The molecule has 0 spiro atoms. The summed E-state index contributed by atoms with van der Waals surface area (Å²) < 4.78 is 0. The Bertz CT molecular complexity index is 341. The third-order valence-electron chi connectivity index (χ3n) is 3.51. The van der Waals surface area contributed by atoms with Gasteiger partial charge in [0.2, 0.25) is 0 Å². The lowest BCUT2D eigenvalue weighted by molar-refractivity contribution is 0.312. The fraction of sp³-hybridized carbons (Fsp3) is 0.615. The summed E-state index contributed by atoms with van der Waals surface area (Å²) in [5.41, 5.74) is 1.16. The van der Waals surface area contributed by atoms with Crippen LogP contribution in [0.4, 0.5) is 5.82 Å². The SMILES string of the molecule is CNc1cccc(CN2CC(C)C(C)C2)n1. The van der Waals surface area contributed by atoms with Crippen LogP contribution in [0.15, 0.2) is 18.2 Å². The molecule has 3 heteroatoms. The number of likely N-dealkylation sites (tertiary alicyclic amines) is 1. The minimum Gasteiger partial charge on any atom is -0.373 e. The van der Waals surface area contributed by atoms with Crippen LogP contribution in [0.25, 0.3) is 0 Å². The molecule has 0 aromatic carbocycles. The monoisotopic (exact) mass is 219 g/mol. The lowest BCUT2D eigenvalue weighted by Crippen LogP contribution is -2.20. The number of nitrogens with one attached hydrogen (secondary N) is 1. The molecule has 1 fully saturated rings. The van der Waals surface area contributed by atoms with Crippen molar-refractivity contribution in [2.75, 3.05) is 25.5 Å². The Kier molecular flexibility index (Phi) is 3.44. The molecular weight excluding hydrogens is 198 g/mol. The highest BCUT2D eigenvalue weighted by atomic mass is 15.2. The van der Waals surface area contributed by atoms with Gasteiger partial charge in [0.15, 0.2) is 0 Å². The molecule has 1 aromatic rings. The minimum atomic E-state index is 0.812. The van der Waals surface area contributed by atoms with Crippen LogP contribution in [0.5, 0.6) is 0 Å². The summed E-state index contributed by atoms with van der Waals surface area (Å²) in [6.07, 6.45) is 0. The zero-order chi connectivity index (χ0) is 11.5. The van der Waals surface area contributed by atoms with Gasteiger partial charge in [-0.1, -0.05) is 19.9 Å². The Morgan fingerprint density at radius 3 is 2.62 bits per heavy atom. The van der Waals surface area contributed by atoms with E-state index in [1.807, 2.05) is 13.1 Å². The van der Waals surface area contributed by atoms with Gasteiger partial charge in [0.1, 0.15) is 5.82 Å². The Hall–Kier alpha value is -1.09. The normalized spacial score (nSPS) is 25.9. The molecule has 2 rings (SSSR count). The zero-order valence-corrected chi connectivity index (χ0v) is 10.4. The van der Waals surface area contributed by atoms with Crippen LogP contribution in [0.2, 0.25) is 0 Å².